The molecule has 122 valence electrons. The van der Waals surface area contributed by atoms with Gasteiger partial charge in [0.1, 0.15) is 0 Å². The van der Waals surface area contributed by atoms with Crippen molar-refractivity contribution in [3.05, 3.63) is 0 Å². The predicted molar refractivity (Wildman–Crippen MR) is 31.9 cm³/mol. The van der Waals surface area contributed by atoms with Gasteiger partial charge in [0.25, 0.3) is 0 Å². The molecule has 0 radical (unpaired) electrons. The second-order valence-corrected chi connectivity index (χ2v) is 3.29. The zero-order valence-corrected chi connectivity index (χ0v) is 8.29. The minimum absolute atomic E-state index is 5.97. The van der Waals surface area contributed by atoms with Gasteiger partial charge in [-0.1, -0.05) is 0 Å². The van der Waals surface area contributed by atoms with E-state index in [0.29, 0.717) is 0 Å². The van der Waals surface area contributed by atoms with Gasteiger partial charge < -0.3 is 0 Å². The van der Waals surface area contributed by atoms with Crippen LogP contribution in [0.3, 0.4) is 0 Å². The number of alkyl halides is 14. The summed E-state index contributed by atoms with van der Waals surface area (Å²) in [5, 5.41) is 0. The molecule has 0 bridgehead atoms. The van der Waals surface area contributed by atoms with Gasteiger partial charge in [0.05, 0.1) is 0 Å². The van der Waals surface area contributed by atoms with Crippen LogP contribution < -0.4 is 0 Å². The van der Waals surface area contributed by atoms with Crippen LogP contribution in [0.15, 0.2) is 0 Å². The van der Waals surface area contributed by atoms with Gasteiger partial charge in [0, 0.05) is 0 Å². The molecule has 0 heterocycles. The van der Waals surface area contributed by atoms with Crippen molar-refractivity contribution >= 4 is 0 Å². The lowest BCUT2D eigenvalue weighted by molar-refractivity contribution is -0.506. The summed E-state index contributed by atoms with van der Waals surface area (Å²) < 4.78 is 156. The number of halogens is 14. The van der Waals surface area contributed by atoms with Crippen molar-refractivity contribution in [2.24, 2.45) is 0 Å². The highest BCUT2D eigenvalue weighted by molar-refractivity contribution is 5.22. The molecule has 1 rings (SSSR count). The molecule has 0 aromatic carbocycles. The fourth-order valence-electron chi connectivity index (χ4n) is 0.726. The van der Waals surface area contributed by atoms with Crippen molar-refractivity contribution in [3.63, 3.8) is 0 Å². The number of rotatable bonds is 0. The molecule has 0 aromatic rings. The summed E-state index contributed by atoms with van der Waals surface area (Å²) in [7, 11) is 0. The Kier molecular flexibility index (Phi) is 4.05. The zero-order valence-electron chi connectivity index (χ0n) is 8.29. The van der Waals surface area contributed by atoms with Crippen LogP contribution in [-0.4, -0.2) is 36.0 Å². The quantitative estimate of drug-likeness (QED) is 0.564. The van der Waals surface area contributed by atoms with E-state index in [4.69, 9.17) is 0 Å². The summed E-state index contributed by atoms with van der Waals surface area (Å²) in [5.41, 5.74) is 0. The third-order valence-corrected chi connectivity index (χ3v) is 1.90. The van der Waals surface area contributed by atoms with Gasteiger partial charge in [-0.15, -0.1) is 0 Å². The maximum atomic E-state index is 11.6. The van der Waals surface area contributed by atoms with E-state index in [9.17, 15) is 61.5 Å². The smallest absolute Gasteiger partial charge is 0.192 e. The van der Waals surface area contributed by atoms with Crippen LogP contribution in [0.1, 0.15) is 0 Å². The summed E-state index contributed by atoms with van der Waals surface area (Å²) >= 11 is 0. The minimum atomic E-state index is -6.06. The van der Waals surface area contributed by atoms with Gasteiger partial charge in [-0.3, -0.25) is 0 Å². The Labute approximate surface area is 98.9 Å². The third kappa shape index (κ3) is 2.25. The van der Waals surface area contributed by atoms with Crippen LogP contribution in [0.4, 0.5) is 61.5 Å². The van der Waals surface area contributed by atoms with Gasteiger partial charge >= 0.3 is 36.0 Å². The van der Waals surface area contributed by atoms with E-state index >= 15 is 0 Å². The van der Waals surface area contributed by atoms with E-state index in [2.05, 4.69) is 0 Å². The topological polar surface area (TPSA) is 0 Å². The Morgan fingerprint density at radius 3 is 0.500 bits per heavy atom. The van der Waals surface area contributed by atoms with Crippen molar-refractivity contribution in [1.82, 2.24) is 0 Å². The first kappa shape index (κ1) is 19.0. The fraction of sp³-hybridized carbons (Fsp3) is 1.00. The van der Waals surface area contributed by atoms with Gasteiger partial charge in [0.15, 0.2) is 0 Å². The van der Waals surface area contributed by atoms with E-state index in [1.165, 1.54) is 0 Å². The first-order chi connectivity index (χ1) is 8.25. The average molecular weight is 338 g/mol. The Hall–Kier alpha value is -0.980. The van der Waals surface area contributed by atoms with Crippen LogP contribution in [0.5, 0.6) is 0 Å². The SMILES string of the molecule is FC(F)(F)C(F)(F)F.FC1(F)C(F)(F)C(F)(F)C1(F)F. The van der Waals surface area contributed by atoms with Gasteiger partial charge in [0.2, 0.25) is 0 Å². The molecule has 0 spiro atoms. The van der Waals surface area contributed by atoms with Gasteiger partial charge in [-0.2, -0.15) is 61.5 Å². The van der Waals surface area contributed by atoms with E-state index in [0.717, 1.165) is 0 Å². The highest BCUT2D eigenvalue weighted by Gasteiger charge is 3.01. The van der Waals surface area contributed by atoms with Crippen molar-refractivity contribution in [2.45, 2.75) is 36.0 Å². The molecule has 1 fully saturated rings. The maximum absolute atomic E-state index is 11.6. The Morgan fingerprint density at radius 2 is 0.450 bits per heavy atom. The lowest BCUT2D eigenvalue weighted by Gasteiger charge is -2.49. The molecule has 0 amide bonds. The van der Waals surface area contributed by atoms with Crippen molar-refractivity contribution < 1.29 is 61.5 Å². The molecule has 0 aromatic heterocycles. The molecule has 0 aliphatic heterocycles. The second-order valence-electron chi connectivity index (χ2n) is 3.29. The fourth-order valence-corrected chi connectivity index (χ4v) is 0.726. The lowest BCUT2D eigenvalue weighted by atomic mass is 9.80. The first-order valence-corrected chi connectivity index (χ1v) is 3.90. The summed E-state index contributed by atoms with van der Waals surface area (Å²) in [5.74, 6) is -23.9. The second kappa shape index (κ2) is 4.26. The molecule has 1 saturated carbocycles. The lowest BCUT2D eigenvalue weighted by Crippen LogP contribution is -2.82. The summed E-state index contributed by atoms with van der Waals surface area (Å²) in [6, 6.07) is 0. The predicted octanol–water partition coefficient (Wildman–Crippen LogP) is 4.65. The average Bonchev–Trinajstić information content (AvgIpc) is 2.13. The van der Waals surface area contributed by atoms with Crippen LogP contribution >= 0.6 is 0 Å². The highest BCUT2D eigenvalue weighted by atomic mass is 19.5. The number of hydrogen-bond acceptors (Lipinski definition) is 0. The molecule has 0 N–H and O–H groups in total. The molecular formula is C6F14. The van der Waals surface area contributed by atoms with E-state index in [1.54, 1.807) is 0 Å². The highest BCUT2D eigenvalue weighted by Crippen LogP contribution is 2.69. The third-order valence-electron chi connectivity index (χ3n) is 1.90. The van der Waals surface area contributed by atoms with E-state index in [-0.39, 0.29) is 0 Å². The van der Waals surface area contributed by atoms with Crippen LogP contribution in [-0.2, 0) is 0 Å². The van der Waals surface area contributed by atoms with Gasteiger partial charge in [-0.05, 0) is 0 Å². The van der Waals surface area contributed by atoms with Crippen LogP contribution in [0.2, 0.25) is 0 Å². The monoisotopic (exact) mass is 338 g/mol. The molecule has 1 aliphatic carbocycles. The zero-order chi connectivity index (χ0) is 17.0. The van der Waals surface area contributed by atoms with Gasteiger partial charge in [-0.25, -0.2) is 0 Å². The summed E-state index contributed by atoms with van der Waals surface area (Å²) in [4.78, 5) is 0. The molecule has 1 aliphatic rings. The Morgan fingerprint density at radius 1 is 0.350 bits per heavy atom. The van der Waals surface area contributed by atoms with Crippen LogP contribution in [0.25, 0.3) is 0 Å². The van der Waals surface area contributed by atoms with Crippen LogP contribution in [0, 0.1) is 0 Å². The Bertz CT molecular complexity index is 279. The van der Waals surface area contributed by atoms with E-state index in [1.807, 2.05) is 0 Å². The largest absolute Gasteiger partial charge is 0.487 e. The molecule has 20 heavy (non-hydrogen) atoms. The number of hydrogen-bond donors (Lipinski definition) is 0. The maximum Gasteiger partial charge on any atom is 0.487 e. The summed E-state index contributed by atoms with van der Waals surface area (Å²) in [6.45, 7) is 0. The molecule has 14 heteroatoms. The van der Waals surface area contributed by atoms with Crippen molar-refractivity contribution in [2.75, 3.05) is 0 Å². The molecule has 0 atom stereocenters. The summed E-state index contributed by atoms with van der Waals surface area (Å²) in [6.07, 6.45) is -12.1. The standard InChI is InChI=1S/C4F8.C2F6/c5-1(6)2(7,8)4(11,12)3(1,9)10;3-1(4,5)2(6,7)8. The van der Waals surface area contributed by atoms with Crippen molar-refractivity contribution in [3.8, 4) is 0 Å². The molecule has 0 unspecified atom stereocenters. The minimum Gasteiger partial charge on any atom is -0.192 e. The van der Waals surface area contributed by atoms with E-state index < -0.39 is 36.0 Å². The molecular weight excluding hydrogens is 338 g/mol. The normalized spacial score (nSPS) is 26.1. The first-order valence-electron chi connectivity index (χ1n) is 3.90. The molecule has 0 nitrogen and oxygen atoms in total. The Balaban J connectivity index is 0.000000396. The molecule has 0 saturated heterocycles. The van der Waals surface area contributed by atoms with Crippen molar-refractivity contribution in [1.29, 1.82) is 0 Å².